The Balaban J connectivity index is 2.29. The van der Waals surface area contributed by atoms with Gasteiger partial charge < -0.3 is 10.2 Å². The number of aromatic nitrogens is 4. The number of aliphatic hydroxyl groups is 2. The second-order valence-electron chi connectivity index (χ2n) is 4.06. The number of aryl methyl sites for hydroxylation is 2. The van der Waals surface area contributed by atoms with Crippen molar-refractivity contribution in [1.82, 2.24) is 19.6 Å². The lowest BCUT2D eigenvalue weighted by Crippen LogP contribution is -2.30. The van der Waals surface area contributed by atoms with E-state index in [1.807, 2.05) is 13.8 Å². The maximum atomic E-state index is 10.1. The highest BCUT2D eigenvalue weighted by molar-refractivity contribution is 5.28. The van der Waals surface area contributed by atoms with Gasteiger partial charge in [-0.15, -0.1) is 0 Å². The van der Waals surface area contributed by atoms with Crippen LogP contribution in [0, 0.1) is 13.8 Å². The van der Waals surface area contributed by atoms with E-state index in [4.69, 9.17) is 0 Å². The molecular weight excluding hydrogens is 208 g/mol. The third kappa shape index (κ3) is 0.975. The average molecular weight is 220 g/mol. The van der Waals surface area contributed by atoms with Crippen molar-refractivity contribution in [3.05, 3.63) is 34.9 Å². The summed E-state index contributed by atoms with van der Waals surface area (Å²) >= 11 is 0. The van der Waals surface area contributed by atoms with E-state index in [0.717, 1.165) is 11.1 Å². The number of fused-ring (bicyclic) bond motifs is 2. The SMILES string of the molecule is Cc1cnn2c1C(O)n1ncc(C)c1C2O. The highest BCUT2D eigenvalue weighted by atomic mass is 16.3. The molecule has 16 heavy (non-hydrogen) atoms. The highest BCUT2D eigenvalue weighted by Gasteiger charge is 2.33. The Hall–Kier alpha value is -1.66. The van der Waals surface area contributed by atoms with Crippen molar-refractivity contribution in [1.29, 1.82) is 0 Å². The third-order valence-electron chi connectivity index (χ3n) is 3.01. The zero-order chi connectivity index (χ0) is 11.4. The van der Waals surface area contributed by atoms with Crippen LogP contribution in [0.25, 0.3) is 0 Å². The predicted octanol–water partition coefficient (Wildman–Crippen LogP) is 0.0882. The van der Waals surface area contributed by atoms with Crippen molar-refractivity contribution in [2.45, 2.75) is 26.3 Å². The van der Waals surface area contributed by atoms with Crippen LogP contribution in [0.5, 0.6) is 0 Å². The summed E-state index contributed by atoms with van der Waals surface area (Å²) in [4.78, 5) is 0. The predicted molar refractivity (Wildman–Crippen MR) is 54.6 cm³/mol. The Morgan fingerprint density at radius 2 is 1.31 bits per heavy atom. The Morgan fingerprint density at radius 1 is 0.938 bits per heavy atom. The smallest absolute Gasteiger partial charge is 0.190 e. The van der Waals surface area contributed by atoms with E-state index in [9.17, 15) is 10.2 Å². The van der Waals surface area contributed by atoms with Gasteiger partial charge in [0.1, 0.15) is 0 Å². The van der Waals surface area contributed by atoms with E-state index in [0.29, 0.717) is 11.4 Å². The van der Waals surface area contributed by atoms with Crippen molar-refractivity contribution >= 4 is 0 Å². The van der Waals surface area contributed by atoms with Gasteiger partial charge in [0.05, 0.1) is 23.8 Å². The zero-order valence-corrected chi connectivity index (χ0v) is 8.99. The molecule has 0 fully saturated rings. The number of hydrogen-bond acceptors (Lipinski definition) is 4. The quantitative estimate of drug-likeness (QED) is 0.659. The van der Waals surface area contributed by atoms with Crippen LogP contribution in [0.2, 0.25) is 0 Å². The van der Waals surface area contributed by atoms with Crippen molar-refractivity contribution in [2.75, 3.05) is 0 Å². The minimum atomic E-state index is -0.880. The molecule has 6 nitrogen and oxygen atoms in total. The molecule has 3 rings (SSSR count). The maximum absolute atomic E-state index is 10.1. The average Bonchev–Trinajstić information content (AvgIpc) is 2.80. The second kappa shape index (κ2) is 2.93. The number of nitrogens with zero attached hydrogens (tertiary/aromatic N) is 4. The first kappa shape index (κ1) is 9.56. The van der Waals surface area contributed by atoms with Gasteiger partial charge in [-0.1, -0.05) is 0 Å². The molecule has 0 amide bonds. The van der Waals surface area contributed by atoms with E-state index in [2.05, 4.69) is 10.2 Å². The van der Waals surface area contributed by atoms with Crippen molar-refractivity contribution in [3.63, 3.8) is 0 Å². The van der Waals surface area contributed by atoms with Crippen LogP contribution < -0.4 is 0 Å². The molecule has 0 aromatic carbocycles. The Kier molecular flexibility index (Phi) is 1.75. The molecule has 0 saturated heterocycles. The van der Waals surface area contributed by atoms with Crippen LogP contribution in [0.15, 0.2) is 12.4 Å². The summed E-state index contributed by atoms with van der Waals surface area (Å²) in [6, 6.07) is 0. The molecule has 1 aliphatic rings. The monoisotopic (exact) mass is 220 g/mol. The molecule has 3 heterocycles. The first-order valence-electron chi connectivity index (χ1n) is 5.05. The molecule has 84 valence electrons. The fourth-order valence-corrected chi connectivity index (χ4v) is 2.18. The zero-order valence-electron chi connectivity index (χ0n) is 8.99. The van der Waals surface area contributed by atoms with Gasteiger partial charge in [0.2, 0.25) is 0 Å². The van der Waals surface area contributed by atoms with Crippen LogP contribution in [-0.4, -0.2) is 29.8 Å². The molecule has 2 aromatic rings. The molecule has 2 atom stereocenters. The molecule has 1 aliphatic heterocycles. The summed E-state index contributed by atoms with van der Waals surface area (Å²) < 4.78 is 2.87. The van der Waals surface area contributed by atoms with Gasteiger partial charge in [0.25, 0.3) is 0 Å². The van der Waals surface area contributed by atoms with Crippen molar-refractivity contribution < 1.29 is 10.2 Å². The van der Waals surface area contributed by atoms with Gasteiger partial charge in [-0.05, 0) is 25.0 Å². The Morgan fingerprint density at radius 3 is 1.69 bits per heavy atom. The molecule has 2 unspecified atom stereocenters. The summed E-state index contributed by atoms with van der Waals surface area (Å²) in [6.45, 7) is 3.69. The minimum absolute atomic E-state index is 0.586. The molecule has 0 aliphatic carbocycles. The molecule has 0 spiro atoms. The van der Waals surface area contributed by atoms with Crippen molar-refractivity contribution in [3.8, 4) is 0 Å². The van der Waals surface area contributed by atoms with E-state index >= 15 is 0 Å². The maximum Gasteiger partial charge on any atom is 0.190 e. The Labute approximate surface area is 91.7 Å². The van der Waals surface area contributed by atoms with Crippen LogP contribution in [0.4, 0.5) is 0 Å². The standard InChI is InChI=1S/C10H12N4O2/c1-5-3-11-13-7(5)9(15)14-8(10(13)16)6(2)4-12-14/h3-4,9-10,15-16H,1-2H3. The van der Waals surface area contributed by atoms with Gasteiger partial charge in [0.15, 0.2) is 12.5 Å². The molecule has 0 radical (unpaired) electrons. The number of aliphatic hydroxyl groups excluding tert-OH is 2. The van der Waals surface area contributed by atoms with E-state index in [1.165, 1.54) is 9.36 Å². The normalized spacial score (nSPS) is 23.0. The summed E-state index contributed by atoms with van der Waals surface area (Å²) in [5, 5.41) is 28.4. The molecule has 2 aromatic heterocycles. The molecule has 0 bridgehead atoms. The van der Waals surface area contributed by atoms with Crippen molar-refractivity contribution in [2.24, 2.45) is 0 Å². The van der Waals surface area contributed by atoms with Crippen LogP contribution >= 0.6 is 0 Å². The highest BCUT2D eigenvalue weighted by Crippen LogP contribution is 2.33. The van der Waals surface area contributed by atoms with Crippen LogP contribution in [0.3, 0.4) is 0 Å². The van der Waals surface area contributed by atoms with Gasteiger partial charge in [-0.3, -0.25) is 0 Å². The first-order valence-corrected chi connectivity index (χ1v) is 5.05. The van der Waals surface area contributed by atoms with Crippen LogP contribution in [0.1, 0.15) is 35.0 Å². The molecule has 2 N–H and O–H groups in total. The summed E-state index contributed by atoms with van der Waals surface area (Å²) in [5.41, 5.74) is 2.85. The van der Waals surface area contributed by atoms with Gasteiger partial charge in [0, 0.05) is 0 Å². The fraction of sp³-hybridized carbons (Fsp3) is 0.400. The lowest BCUT2D eigenvalue weighted by Gasteiger charge is -2.27. The summed E-state index contributed by atoms with van der Waals surface area (Å²) in [6.07, 6.45) is 1.50. The topological polar surface area (TPSA) is 76.1 Å². The first-order chi connectivity index (χ1) is 7.61. The fourth-order valence-electron chi connectivity index (χ4n) is 2.18. The molecular formula is C10H12N4O2. The lowest BCUT2D eigenvalue weighted by molar-refractivity contribution is 0.0417. The minimum Gasteiger partial charge on any atom is -0.367 e. The largest absolute Gasteiger partial charge is 0.367 e. The van der Waals surface area contributed by atoms with E-state index < -0.39 is 12.5 Å². The summed E-state index contributed by atoms with van der Waals surface area (Å²) in [5.74, 6) is 0. The number of hydrogen-bond donors (Lipinski definition) is 2. The van der Waals surface area contributed by atoms with E-state index in [1.54, 1.807) is 12.4 Å². The number of rotatable bonds is 0. The molecule has 0 saturated carbocycles. The molecule has 6 heteroatoms. The van der Waals surface area contributed by atoms with Gasteiger partial charge in [-0.2, -0.15) is 10.2 Å². The Bertz CT molecular complexity index is 507. The third-order valence-corrected chi connectivity index (χ3v) is 3.01. The second-order valence-corrected chi connectivity index (χ2v) is 4.06. The van der Waals surface area contributed by atoms with E-state index in [-0.39, 0.29) is 0 Å². The van der Waals surface area contributed by atoms with Gasteiger partial charge in [-0.25, -0.2) is 9.36 Å². The van der Waals surface area contributed by atoms with Gasteiger partial charge >= 0.3 is 0 Å². The lowest BCUT2D eigenvalue weighted by atomic mass is 10.1. The summed E-state index contributed by atoms with van der Waals surface area (Å²) in [7, 11) is 0. The van der Waals surface area contributed by atoms with Crippen LogP contribution in [-0.2, 0) is 0 Å².